The molecule has 5 heteroatoms. The van der Waals surface area contributed by atoms with E-state index in [1.807, 2.05) is 18.2 Å². The third-order valence-electron chi connectivity index (χ3n) is 4.69. The standard InChI is InChI=1S/C18H26N2O3/c19-18(21)15-4-1-3-14(11-15)12-20-8-6-16(7-9-20)23-13-17-5-2-10-22-17/h1,3-4,11,16-17H,2,5-10,12-13H2,(H2,19,21)/t17-/m0/s1. The van der Waals surface area contributed by atoms with E-state index >= 15 is 0 Å². The normalized spacial score (nSPS) is 23.2. The van der Waals surface area contributed by atoms with Gasteiger partial charge in [0.15, 0.2) is 0 Å². The van der Waals surface area contributed by atoms with E-state index in [-0.39, 0.29) is 5.91 Å². The van der Waals surface area contributed by atoms with Crippen LogP contribution in [-0.2, 0) is 16.0 Å². The Kier molecular flexibility index (Phi) is 5.65. The van der Waals surface area contributed by atoms with Crippen molar-refractivity contribution in [3.8, 4) is 0 Å². The summed E-state index contributed by atoms with van der Waals surface area (Å²) in [6.07, 6.45) is 5.08. The second-order valence-electron chi connectivity index (χ2n) is 6.51. The first-order valence-corrected chi connectivity index (χ1v) is 8.55. The summed E-state index contributed by atoms with van der Waals surface area (Å²) in [5.74, 6) is -0.368. The van der Waals surface area contributed by atoms with Crippen molar-refractivity contribution in [1.82, 2.24) is 4.90 Å². The number of nitrogens with two attached hydrogens (primary N) is 1. The zero-order valence-corrected chi connectivity index (χ0v) is 13.6. The predicted octanol–water partition coefficient (Wildman–Crippen LogP) is 1.95. The molecule has 23 heavy (non-hydrogen) atoms. The molecule has 0 aliphatic carbocycles. The number of hydrogen-bond acceptors (Lipinski definition) is 4. The van der Waals surface area contributed by atoms with E-state index in [1.54, 1.807) is 6.07 Å². The Morgan fingerprint density at radius 2 is 2.13 bits per heavy atom. The van der Waals surface area contributed by atoms with Crippen molar-refractivity contribution in [3.63, 3.8) is 0 Å². The third-order valence-corrected chi connectivity index (χ3v) is 4.69. The Morgan fingerprint density at radius 1 is 1.30 bits per heavy atom. The van der Waals surface area contributed by atoms with Crippen LogP contribution in [0.3, 0.4) is 0 Å². The molecule has 5 nitrogen and oxygen atoms in total. The first-order chi connectivity index (χ1) is 11.2. The van der Waals surface area contributed by atoms with Gasteiger partial charge in [-0.15, -0.1) is 0 Å². The van der Waals surface area contributed by atoms with Crippen LogP contribution in [0.4, 0.5) is 0 Å². The molecule has 2 aliphatic heterocycles. The Balaban J connectivity index is 1.42. The van der Waals surface area contributed by atoms with Crippen LogP contribution in [0.1, 0.15) is 41.6 Å². The van der Waals surface area contributed by atoms with Crippen LogP contribution in [0.2, 0.25) is 0 Å². The molecular weight excluding hydrogens is 292 g/mol. The van der Waals surface area contributed by atoms with E-state index in [2.05, 4.69) is 4.90 Å². The van der Waals surface area contributed by atoms with E-state index in [9.17, 15) is 4.79 Å². The third kappa shape index (κ3) is 4.77. The van der Waals surface area contributed by atoms with Gasteiger partial charge in [-0.25, -0.2) is 0 Å². The Hall–Kier alpha value is -1.43. The van der Waals surface area contributed by atoms with Crippen LogP contribution in [0, 0.1) is 0 Å². The minimum Gasteiger partial charge on any atom is -0.376 e. The molecule has 2 aliphatic rings. The van der Waals surface area contributed by atoms with Crippen LogP contribution in [0.25, 0.3) is 0 Å². The maximum atomic E-state index is 11.3. The number of primary amides is 1. The molecule has 1 aromatic carbocycles. The van der Waals surface area contributed by atoms with Crippen molar-refractivity contribution < 1.29 is 14.3 Å². The molecule has 0 unspecified atom stereocenters. The maximum absolute atomic E-state index is 11.3. The molecule has 2 fully saturated rings. The first kappa shape index (κ1) is 16.4. The zero-order valence-electron chi connectivity index (χ0n) is 13.6. The van der Waals surface area contributed by atoms with E-state index < -0.39 is 0 Å². The second-order valence-corrected chi connectivity index (χ2v) is 6.51. The first-order valence-electron chi connectivity index (χ1n) is 8.55. The van der Waals surface area contributed by atoms with Crippen molar-refractivity contribution in [2.75, 3.05) is 26.3 Å². The van der Waals surface area contributed by atoms with E-state index in [0.29, 0.717) is 17.8 Å². The van der Waals surface area contributed by atoms with Crippen molar-refractivity contribution in [3.05, 3.63) is 35.4 Å². The summed E-state index contributed by atoms with van der Waals surface area (Å²) in [5.41, 5.74) is 7.06. The number of rotatable bonds is 6. The lowest BCUT2D eigenvalue weighted by Gasteiger charge is -2.32. The largest absolute Gasteiger partial charge is 0.376 e. The molecular formula is C18H26N2O3. The molecule has 2 heterocycles. The fraction of sp³-hybridized carbons (Fsp3) is 0.611. The number of carbonyl (C=O) groups excluding carboxylic acids is 1. The Morgan fingerprint density at radius 3 is 2.83 bits per heavy atom. The molecule has 0 saturated carbocycles. The van der Waals surface area contributed by atoms with Gasteiger partial charge < -0.3 is 15.2 Å². The summed E-state index contributed by atoms with van der Waals surface area (Å²) < 4.78 is 11.6. The highest BCUT2D eigenvalue weighted by Crippen LogP contribution is 2.19. The summed E-state index contributed by atoms with van der Waals surface area (Å²) in [7, 11) is 0. The van der Waals surface area contributed by atoms with Gasteiger partial charge in [-0.1, -0.05) is 12.1 Å². The van der Waals surface area contributed by atoms with Gasteiger partial charge in [0.2, 0.25) is 5.91 Å². The van der Waals surface area contributed by atoms with Gasteiger partial charge in [0.1, 0.15) is 0 Å². The topological polar surface area (TPSA) is 64.8 Å². The van der Waals surface area contributed by atoms with Gasteiger partial charge >= 0.3 is 0 Å². The smallest absolute Gasteiger partial charge is 0.248 e. The predicted molar refractivity (Wildman–Crippen MR) is 88.2 cm³/mol. The van der Waals surface area contributed by atoms with E-state index in [1.165, 1.54) is 0 Å². The number of amides is 1. The Labute approximate surface area is 137 Å². The average molecular weight is 318 g/mol. The lowest BCUT2D eigenvalue weighted by atomic mass is 10.1. The number of piperidine rings is 1. The summed E-state index contributed by atoms with van der Waals surface area (Å²) in [4.78, 5) is 13.7. The average Bonchev–Trinajstić information content (AvgIpc) is 3.08. The molecule has 3 rings (SSSR count). The monoisotopic (exact) mass is 318 g/mol. The van der Waals surface area contributed by atoms with Gasteiger partial charge in [-0.3, -0.25) is 9.69 Å². The van der Waals surface area contributed by atoms with Crippen molar-refractivity contribution in [2.45, 2.75) is 44.4 Å². The molecule has 2 saturated heterocycles. The summed E-state index contributed by atoms with van der Waals surface area (Å²) in [5, 5.41) is 0. The van der Waals surface area contributed by atoms with Gasteiger partial charge in [-0.05, 0) is 43.4 Å². The molecule has 1 amide bonds. The molecule has 0 spiro atoms. The molecule has 126 valence electrons. The second kappa shape index (κ2) is 7.90. The lowest BCUT2D eigenvalue weighted by Crippen LogP contribution is -2.37. The molecule has 2 N–H and O–H groups in total. The molecule has 0 aromatic heterocycles. The maximum Gasteiger partial charge on any atom is 0.248 e. The fourth-order valence-corrected chi connectivity index (χ4v) is 3.33. The zero-order chi connectivity index (χ0) is 16.1. The minimum atomic E-state index is -0.368. The highest BCUT2D eigenvalue weighted by Gasteiger charge is 2.22. The van der Waals surface area contributed by atoms with E-state index in [0.717, 1.165) is 64.1 Å². The highest BCUT2D eigenvalue weighted by molar-refractivity contribution is 5.92. The highest BCUT2D eigenvalue weighted by atomic mass is 16.5. The summed E-state index contributed by atoms with van der Waals surface area (Å²) in [6.45, 7) is 4.54. The van der Waals surface area contributed by atoms with Crippen LogP contribution in [-0.4, -0.2) is 49.3 Å². The number of nitrogens with zero attached hydrogens (tertiary/aromatic N) is 1. The van der Waals surface area contributed by atoms with Crippen LogP contribution < -0.4 is 5.73 Å². The summed E-state index contributed by atoms with van der Waals surface area (Å²) >= 11 is 0. The minimum absolute atomic E-state index is 0.310. The SMILES string of the molecule is NC(=O)c1cccc(CN2CCC(OC[C@@H]3CCCO3)CC2)c1. The van der Waals surface area contributed by atoms with Gasteiger partial charge in [0.05, 0.1) is 18.8 Å². The van der Waals surface area contributed by atoms with Crippen molar-refractivity contribution >= 4 is 5.91 Å². The lowest BCUT2D eigenvalue weighted by molar-refractivity contribution is -0.0426. The number of carbonyl (C=O) groups is 1. The van der Waals surface area contributed by atoms with Crippen molar-refractivity contribution in [2.24, 2.45) is 5.73 Å². The van der Waals surface area contributed by atoms with Crippen molar-refractivity contribution in [1.29, 1.82) is 0 Å². The number of likely N-dealkylation sites (tertiary alicyclic amines) is 1. The van der Waals surface area contributed by atoms with Gasteiger partial charge in [0, 0.05) is 31.8 Å². The number of hydrogen-bond donors (Lipinski definition) is 1. The van der Waals surface area contributed by atoms with Crippen LogP contribution >= 0.6 is 0 Å². The molecule has 1 atom stereocenters. The quantitative estimate of drug-likeness (QED) is 0.870. The Bertz CT molecular complexity index is 521. The number of ether oxygens (including phenoxy) is 2. The van der Waals surface area contributed by atoms with Gasteiger partial charge in [-0.2, -0.15) is 0 Å². The number of benzene rings is 1. The molecule has 1 aromatic rings. The van der Waals surface area contributed by atoms with Gasteiger partial charge in [0.25, 0.3) is 0 Å². The van der Waals surface area contributed by atoms with Crippen LogP contribution in [0.5, 0.6) is 0 Å². The van der Waals surface area contributed by atoms with Crippen LogP contribution in [0.15, 0.2) is 24.3 Å². The fourth-order valence-electron chi connectivity index (χ4n) is 3.33. The molecule has 0 radical (unpaired) electrons. The van der Waals surface area contributed by atoms with E-state index in [4.69, 9.17) is 15.2 Å². The molecule has 0 bridgehead atoms. The summed E-state index contributed by atoms with van der Waals surface area (Å²) in [6, 6.07) is 7.60.